The summed E-state index contributed by atoms with van der Waals surface area (Å²) in [5, 5.41) is 21.8. The van der Waals surface area contributed by atoms with Crippen LogP contribution in [0.15, 0.2) is 34.3 Å². The molecule has 3 rings (SSSR count). The third-order valence-corrected chi connectivity index (χ3v) is 7.22. The standard InChI is InChI=1S/C33H48N2O2/c1-20(2)11-24-13-26(32(36)30(15-24)22(5)6)18-34-28-9-10-29(17-28)35-19-27-14-25(12-21(3)4)16-31(23(7)8)33(27)37/h13-16,18-23,28-29,36-37H,9-12,17H2,1-8H3. The van der Waals surface area contributed by atoms with Crippen molar-refractivity contribution in [1.82, 2.24) is 0 Å². The SMILES string of the molecule is CC(C)Cc1cc(C=NC2CCC(N=Cc3cc(CC(C)C)cc(C(C)C)c3O)C2)c(O)c(C(C)C)c1. The number of benzene rings is 2. The minimum atomic E-state index is 0.199. The summed E-state index contributed by atoms with van der Waals surface area (Å²) in [6.07, 6.45) is 8.59. The van der Waals surface area contributed by atoms with Crippen molar-refractivity contribution < 1.29 is 10.2 Å². The molecular formula is C33H48N2O2. The van der Waals surface area contributed by atoms with Crippen molar-refractivity contribution in [2.75, 3.05) is 0 Å². The van der Waals surface area contributed by atoms with Gasteiger partial charge in [0.05, 0.1) is 12.1 Å². The first-order valence-corrected chi connectivity index (χ1v) is 14.2. The van der Waals surface area contributed by atoms with Gasteiger partial charge in [0.1, 0.15) is 11.5 Å². The van der Waals surface area contributed by atoms with E-state index in [1.54, 1.807) is 0 Å². The smallest absolute Gasteiger partial charge is 0.127 e. The third kappa shape index (κ3) is 7.93. The first kappa shape index (κ1) is 28.9. The van der Waals surface area contributed by atoms with Gasteiger partial charge in [-0.2, -0.15) is 0 Å². The summed E-state index contributed by atoms with van der Waals surface area (Å²) in [7, 11) is 0. The van der Waals surface area contributed by atoms with Gasteiger partial charge in [-0.05, 0) is 90.2 Å². The second-order valence-corrected chi connectivity index (χ2v) is 12.4. The Kier molecular flexibility index (Phi) is 9.98. The second-order valence-electron chi connectivity index (χ2n) is 12.4. The Balaban J connectivity index is 1.75. The Morgan fingerprint density at radius 2 is 1.05 bits per heavy atom. The molecular weight excluding hydrogens is 456 g/mol. The number of rotatable bonds is 10. The average molecular weight is 505 g/mol. The minimum absolute atomic E-state index is 0.199. The molecule has 0 saturated heterocycles. The normalized spacial score (nSPS) is 18.6. The summed E-state index contributed by atoms with van der Waals surface area (Å²) < 4.78 is 0. The van der Waals surface area contributed by atoms with Crippen molar-refractivity contribution >= 4 is 12.4 Å². The molecule has 2 aromatic rings. The zero-order chi connectivity index (χ0) is 27.3. The van der Waals surface area contributed by atoms with Gasteiger partial charge in [-0.3, -0.25) is 9.98 Å². The number of nitrogens with zero attached hydrogens (tertiary/aromatic N) is 2. The molecule has 2 atom stereocenters. The molecule has 37 heavy (non-hydrogen) atoms. The van der Waals surface area contributed by atoms with Crippen LogP contribution in [0.2, 0.25) is 0 Å². The molecule has 2 N–H and O–H groups in total. The van der Waals surface area contributed by atoms with Crippen molar-refractivity contribution in [1.29, 1.82) is 0 Å². The predicted octanol–water partition coefficient (Wildman–Crippen LogP) is 8.20. The van der Waals surface area contributed by atoms with Gasteiger partial charge in [-0.25, -0.2) is 0 Å². The molecule has 0 spiro atoms. The Bertz CT molecular complexity index is 1020. The Morgan fingerprint density at radius 3 is 1.38 bits per heavy atom. The highest BCUT2D eigenvalue weighted by Crippen LogP contribution is 2.33. The molecule has 0 aliphatic heterocycles. The fraction of sp³-hybridized carbons (Fsp3) is 0.576. The third-order valence-electron chi connectivity index (χ3n) is 7.22. The van der Waals surface area contributed by atoms with Crippen LogP contribution in [0.5, 0.6) is 11.5 Å². The monoisotopic (exact) mass is 504 g/mol. The molecule has 4 heteroatoms. The van der Waals surface area contributed by atoms with Crippen molar-refractivity contribution in [3.63, 3.8) is 0 Å². The molecule has 0 bridgehead atoms. The number of hydrogen-bond acceptors (Lipinski definition) is 4. The van der Waals surface area contributed by atoms with E-state index in [9.17, 15) is 10.2 Å². The maximum Gasteiger partial charge on any atom is 0.127 e. The maximum absolute atomic E-state index is 10.9. The van der Waals surface area contributed by atoms with Crippen LogP contribution in [-0.2, 0) is 12.8 Å². The summed E-state index contributed by atoms with van der Waals surface area (Å²) in [6, 6.07) is 8.88. The van der Waals surface area contributed by atoms with E-state index in [1.807, 2.05) is 12.4 Å². The fourth-order valence-electron chi connectivity index (χ4n) is 5.32. The molecule has 4 nitrogen and oxygen atoms in total. The van der Waals surface area contributed by atoms with Crippen molar-refractivity contribution in [3.8, 4) is 11.5 Å². The number of hydrogen-bond donors (Lipinski definition) is 2. The van der Waals surface area contributed by atoms with Crippen LogP contribution in [0.4, 0.5) is 0 Å². The molecule has 0 aromatic heterocycles. The van der Waals surface area contributed by atoms with Crippen LogP contribution >= 0.6 is 0 Å². The average Bonchev–Trinajstić information content (AvgIpc) is 3.26. The lowest BCUT2D eigenvalue weighted by Crippen LogP contribution is -2.05. The lowest BCUT2D eigenvalue weighted by molar-refractivity contribution is 0.462. The largest absolute Gasteiger partial charge is 0.507 e. The van der Waals surface area contributed by atoms with Crippen molar-refractivity contribution in [3.05, 3.63) is 57.6 Å². The highest BCUT2D eigenvalue weighted by Gasteiger charge is 2.23. The quantitative estimate of drug-likeness (QED) is 0.320. The Labute approximate surface area is 225 Å². The molecule has 0 radical (unpaired) electrons. The van der Waals surface area contributed by atoms with E-state index in [2.05, 4.69) is 79.7 Å². The van der Waals surface area contributed by atoms with Crippen LogP contribution < -0.4 is 0 Å². The van der Waals surface area contributed by atoms with Crippen LogP contribution in [0.25, 0.3) is 0 Å². The van der Waals surface area contributed by atoms with E-state index >= 15 is 0 Å². The highest BCUT2D eigenvalue weighted by molar-refractivity contribution is 5.85. The van der Waals surface area contributed by atoms with Crippen LogP contribution in [0.1, 0.15) is 120 Å². The first-order chi connectivity index (χ1) is 17.4. The molecule has 1 aliphatic carbocycles. The van der Waals surface area contributed by atoms with Crippen molar-refractivity contribution in [2.24, 2.45) is 21.8 Å². The summed E-state index contributed by atoms with van der Waals surface area (Å²) in [4.78, 5) is 9.75. The van der Waals surface area contributed by atoms with E-state index in [1.165, 1.54) is 11.1 Å². The van der Waals surface area contributed by atoms with Gasteiger partial charge >= 0.3 is 0 Å². The fourth-order valence-corrected chi connectivity index (χ4v) is 5.32. The summed E-state index contributed by atoms with van der Waals surface area (Å²) in [6.45, 7) is 17.4. The van der Waals surface area contributed by atoms with Gasteiger partial charge in [-0.15, -0.1) is 0 Å². The van der Waals surface area contributed by atoms with E-state index in [0.29, 0.717) is 23.3 Å². The number of aromatic hydroxyl groups is 2. The van der Waals surface area contributed by atoms with Gasteiger partial charge < -0.3 is 10.2 Å². The van der Waals surface area contributed by atoms with E-state index in [0.717, 1.165) is 54.4 Å². The van der Waals surface area contributed by atoms with E-state index < -0.39 is 0 Å². The predicted molar refractivity (Wildman–Crippen MR) is 158 cm³/mol. The number of phenols is 2. The van der Waals surface area contributed by atoms with Gasteiger partial charge in [0.15, 0.2) is 0 Å². The first-order valence-electron chi connectivity index (χ1n) is 14.2. The molecule has 1 aliphatic rings. The highest BCUT2D eigenvalue weighted by atomic mass is 16.3. The zero-order valence-electron chi connectivity index (χ0n) is 24.3. The molecule has 202 valence electrons. The molecule has 2 unspecified atom stereocenters. The zero-order valence-corrected chi connectivity index (χ0v) is 24.3. The van der Waals surface area contributed by atoms with E-state index in [4.69, 9.17) is 9.98 Å². The number of phenolic OH excluding ortho intramolecular Hbond substituents is 2. The molecule has 1 saturated carbocycles. The van der Waals surface area contributed by atoms with Crippen LogP contribution in [0, 0.1) is 11.8 Å². The lowest BCUT2D eigenvalue weighted by atomic mass is 9.93. The minimum Gasteiger partial charge on any atom is -0.507 e. The molecule has 0 heterocycles. The van der Waals surface area contributed by atoms with Gasteiger partial charge in [0, 0.05) is 23.6 Å². The van der Waals surface area contributed by atoms with Gasteiger partial charge in [-0.1, -0.05) is 67.5 Å². The van der Waals surface area contributed by atoms with Crippen LogP contribution in [-0.4, -0.2) is 34.7 Å². The lowest BCUT2D eigenvalue weighted by Gasteiger charge is -2.15. The summed E-state index contributed by atoms with van der Waals surface area (Å²) in [5.41, 5.74) is 6.14. The summed E-state index contributed by atoms with van der Waals surface area (Å²) >= 11 is 0. The topological polar surface area (TPSA) is 65.2 Å². The Hall–Kier alpha value is -2.62. The van der Waals surface area contributed by atoms with Crippen LogP contribution in [0.3, 0.4) is 0 Å². The number of aliphatic imine (C=N–C) groups is 2. The Morgan fingerprint density at radius 1 is 0.676 bits per heavy atom. The molecule has 2 aromatic carbocycles. The maximum atomic E-state index is 10.9. The van der Waals surface area contributed by atoms with Crippen molar-refractivity contribution in [2.45, 2.75) is 111 Å². The van der Waals surface area contributed by atoms with E-state index in [-0.39, 0.29) is 23.9 Å². The molecule has 1 fully saturated rings. The second kappa shape index (κ2) is 12.8. The summed E-state index contributed by atoms with van der Waals surface area (Å²) in [5.74, 6) is 2.36. The van der Waals surface area contributed by atoms with Gasteiger partial charge in [0.25, 0.3) is 0 Å². The van der Waals surface area contributed by atoms with Gasteiger partial charge in [0.2, 0.25) is 0 Å². The molecule has 0 amide bonds.